The highest BCUT2D eigenvalue weighted by Crippen LogP contribution is 2.60. The molecule has 1 aromatic heterocycles. The molecular weight excluding hydrogens is 430 g/mol. The monoisotopic (exact) mass is 463 g/mol. The van der Waals surface area contributed by atoms with Crippen molar-refractivity contribution in [2.45, 2.75) is 25.7 Å². The smallest absolute Gasteiger partial charge is 0.227 e. The van der Waals surface area contributed by atoms with Crippen molar-refractivity contribution >= 4 is 29.2 Å². The highest BCUT2D eigenvalue weighted by atomic mass is 32.1. The first-order valence-corrected chi connectivity index (χ1v) is 13.1. The van der Waals surface area contributed by atoms with E-state index in [0.717, 1.165) is 70.6 Å². The van der Waals surface area contributed by atoms with Crippen LogP contribution in [0.4, 0.5) is 0 Å². The lowest BCUT2D eigenvalue weighted by molar-refractivity contribution is -0.135. The Hall–Kier alpha value is -2.44. The van der Waals surface area contributed by atoms with Crippen molar-refractivity contribution in [3.63, 3.8) is 0 Å². The molecule has 33 heavy (non-hydrogen) atoms. The Kier molecular flexibility index (Phi) is 6.65. The molecule has 2 saturated heterocycles. The molecule has 0 radical (unpaired) electrons. The second kappa shape index (κ2) is 9.82. The first kappa shape index (κ1) is 22.4. The van der Waals surface area contributed by atoms with Gasteiger partial charge < -0.3 is 9.80 Å². The van der Waals surface area contributed by atoms with Gasteiger partial charge in [-0.15, -0.1) is 0 Å². The van der Waals surface area contributed by atoms with Crippen LogP contribution in [-0.2, 0) is 16.0 Å². The second-order valence-electron chi connectivity index (χ2n) is 9.75. The van der Waals surface area contributed by atoms with Gasteiger partial charge in [-0.25, -0.2) is 0 Å². The van der Waals surface area contributed by atoms with Crippen molar-refractivity contribution in [1.29, 1.82) is 0 Å². The van der Waals surface area contributed by atoms with Crippen molar-refractivity contribution in [2.24, 2.45) is 11.3 Å². The number of carbonyl (C=O) groups excluding carboxylic acids is 2. The lowest BCUT2D eigenvalue weighted by Gasteiger charge is -2.36. The van der Waals surface area contributed by atoms with E-state index in [1.54, 1.807) is 11.3 Å². The summed E-state index contributed by atoms with van der Waals surface area (Å²) in [6.07, 6.45) is 7.85. The molecule has 1 saturated carbocycles. The summed E-state index contributed by atoms with van der Waals surface area (Å²) in [4.78, 5) is 32.3. The van der Waals surface area contributed by atoms with E-state index in [-0.39, 0.29) is 17.2 Å². The van der Waals surface area contributed by atoms with Crippen molar-refractivity contribution in [2.75, 3.05) is 45.8 Å². The van der Waals surface area contributed by atoms with Crippen LogP contribution < -0.4 is 0 Å². The molecule has 1 aromatic carbocycles. The zero-order chi connectivity index (χ0) is 22.7. The number of hydrogen-bond acceptors (Lipinski definition) is 4. The van der Waals surface area contributed by atoms with Gasteiger partial charge in [-0.1, -0.05) is 42.5 Å². The summed E-state index contributed by atoms with van der Waals surface area (Å²) in [5, 5.41) is 4.08. The van der Waals surface area contributed by atoms with Crippen LogP contribution in [0.2, 0.25) is 0 Å². The van der Waals surface area contributed by atoms with E-state index in [1.165, 1.54) is 5.56 Å². The molecule has 1 spiro atoms. The zero-order valence-corrected chi connectivity index (χ0v) is 20.0. The number of carbonyl (C=O) groups is 2. The molecule has 3 aliphatic rings. The number of amides is 2. The van der Waals surface area contributed by atoms with Gasteiger partial charge in [0.1, 0.15) is 0 Å². The van der Waals surface area contributed by atoms with Gasteiger partial charge in [-0.3, -0.25) is 14.5 Å². The minimum atomic E-state index is 0.159. The first-order valence-electron chi connectivity index (χ1n) is 12.1. The minimum absolute atomic E-state index is 0.159. The third-order valence-electron chi connectivity index (χ3n) is 7.69. The molecule has 5 nitrogen and oxygen atoms in total. The number of nitrogens with zero attached hydrogens (tertiary/aromatic N) is 3. The van der Waals surface area contributed by atoms with Crippen LogP contribution in [0.5, 0.6) is 0 Å². The summed E-state index contributed by atoms with van der Waals surface area (Å²) in [7, 11) is 0. The summed E-state index contributed by atoms with van der Waals surface area (Å²) in [5.74, 6) is 0.757. The zero-order valence-electron chi connectivity index (χ0n) is 19.2. The highest BCUT2D eigenvalue weighted by molar-refractivity contribution is 7.08. The van der Waals surface area contributed by atoms with Gasteiger partial charge in [0.2, 0.25) is 11.8 Å². The quantitative estimate of drug-likeness (QED) is 0.655. The Balaban J connectivity index is 1.04. The van der Waals surface area contributed by atoms with Gasteiger partial charge in [0, 0.05) is 51.7 Å². The molecule has 1 aliphatic carbocycles. The molecule has 3 heterocycles. The van der Waals surface area contributed by atoms with Crippen molar-refractivity contribution in [3.8, 4) is 0 Å². The Morgan fingerprint density at radius 3 is 2.42 bits per heavy atom. The van der Waals surface area contributed by atoms with Gasteiger partial charge in [-0.05, 0) is 52.6 Å². The molecule has 1 unspecified atom stereocenters. The molecule has 1 atom stereocenters. The van der Waals surface area contributed by atoms with Crippen molar-refractivity contribution in [3.05, 3.63) is 64.4 Å². The number of likely N-dealkylation sites (tertiary alicyclic amines) is 1. The summed E-state index contributed by atoms with van der Waals surface area (Å²) in [6.45, 7) is 6.07. The molecule has 2 amide bonds. The largest absolute Gasteiger partial charge is 0.342 e. The van der Waals surface area contributed by atoms with E-state index in [0.29, 0.717) is 12.3 Å². The van der Waals surface area contributed by atoms with E-state index in [2.05, 4.69) is 51.6 Å². The maximum atomic E-state index is 13.2. The first-order chi connectivity index (χ1) is 16.1. The molecule has 0 N–H and O–H groups in total. The van der Waals surface area contributed by atoms with Crippen LogP contribution in [0.25, 0.3) is 6.08 Å². The predicted octanol–water partition coefficient (Wildman–Crippen LogP) is 3.78. The molecular formula is C27H33N3O2S. The summed E-state index contributed by atoms with van der Waals surface area (Å²) in [5.41, 5.74) is 2.50. The SMILES string of the molecule is O=C(Cc1ccsc1)N1CCC2(CC1)CC2C(=O)N1CCN(CC=Cc2ccccc2)CC1. The highest BCUT2D eigenvalue weighted by Gasteiger charge is 2.59. The Labute approximate surface area is 200 Å². The fraction of sp³-hybridized carbons (Fsp3) is 0.481. The van der Waals surface area contributed by atoms with E-state index in [1.807, 2.05) is 22.4 Å². The molecule has 2 aromatic rings. The number of hydrogen-bond donors (Lipinski definition) is 0. The van der Waals surface area contributed by atoms with Gasteiger partial charge in [0.05, 0.1) is 6.42 Å². The Bertz CT molecular complexity index is 972. The normalized spacial score (nSPS) is 22.7. The third-order valence-corrected chi connectivity index (χ3v) is 8.42. The van der Waals surface area contributed by atoms with Crippen molar-refractivity contribution in [1.82, 2.24) is 14.7 Å². The predicted molar refractivity (Wildman–Crippen MR) is 133 cm³/mol. The van der Waals surface area contributed by atoms with E-state index in [4.69, 9.17) is 0 Å². The van der Waals surface area contributed by atoms with Crippen LogP contribution in [-0.4, -0.2) is 72.3 Å². The van der Waals surface area contributed by atoms with Crippen LogP contribution in [0.1, 0.15) is 30.4 Å². The van der Waals surface area contributed by atoms with E-state index < -0.39 is 0 Å². The maximum absolute atomic E-state index is 13.2. The molecule has 3 fully saturated rings. The maximum Gasteiger partial charge on any atom is 0.227 e. The fourth-order valence-corrected chi connectivity index (χ4v) is 6.07. The Morgan fingerprint density at radius 2 is 1.73 bits per heavy atom. The Morgan fingerprint density at radius 1 is 0.970 bits per heavy atom. The molecule has 174 valence electrons. The van der Waals surface area contributed by atoms with Gasteiger partial charge in [0.25, 0.3) is 0 Å². The molecule has 6 heteroatoms. The second-order valence-corrected chi connectivity index (χ2v) is 10.5. The number of thiophene rings is 1. The van der Waals surface area contributed by atoms with E-state index in [9.17, 15) is 9.59 Å². The standard InChI is InChI=1S/C27H33N3O2S/c31-25(19-23-8-18-33-21-23)29-12-9-27(10-13-29)20-24(27)26(32)30-16-14-28(15-17-30)11-4-7-22-5-2-1-3-6-22/h1-8,18,21,24H,9-17,19-20H2. The molecule has 2 aliphatic heterocycles. The average molecular weight is 464 g/mol. The summed E-state index contributed by atoms with van der Waals surface area (Å²) in [6, 6.07) is 12.4. The lowest BCUT2D eigenvalue weighted by atomic mass is 9.90. The lowest BCUT2D eigenvalue weighted by Crippen LogP contribution is -2.49. The fourth-order valence-electron chi connectivity index (χ4n) is 5.40. The van der Waals surface area contributed by atoms with E-state index >= 15 is 0 Å². The van der Waals surface area contributed by atoms with Crippen LogP contribution in [0.15, 0.2) is 53.2 Å². The number of benzene rings is 1. The van der Waals surface area contributed by atoms with Gasteiger partial charge >= 0.3 is 0 Å². The summed E-state index contributed by atoms with van der Waals surface area (Å²) >= 11 is 1.64. The molecule has 0 bridgehead atoms. The summed E-state index contributed by atoms with van der Waals surface area (Å²) < 4.78 is 0. The van der Waals surface area contributed by atoms with Gasteiger partial charge in [-0.2, -0.15) is 11.3 Å². The average Bonchev–Trinajstić information content (AvgIpc) is 3.28. The third kappa shape index (κ3) is 5.22. The van der Waals surface area contributed by atoms with Crippen LogP contribution in [0, 0.1) is 11.3 Å². The van der Waals surface area contributed by atoms with Crippen LogP contribution >= 0.6 is 11.3 Å². The van der Waals surface area contributed by atoms with Gasteiger partial charge in [0.15, 0.2) is 0 Å². The van der Waals surface area contributed by atoms with Crippen LogP contribution in [0.3, 0.4) is 0 Å². The minimum Gasteiger partial charge on any atom is -0.342 e. The number of piperidine rings is 1. The van der Waals surface area contributed by atoms with Crippen molar-refractivity contribution < 1.29 is 9.59 Å². The number of piperazine rings is 1. The number of rotatable bonds is 6. The topological polar surface area (TPSA) is 43.9 Å². The molecule has 5 rings (SSSR count).